The summed E-state index contributed by atoms with van der Waals surface area (Å²) in [5.41, 5.74) is 2.95. The van der Waals surface area contributed by atoms with Crippen molar-refractivity contribution >= 4 is 6.03 Å². The molecule has 0 aliphatic rings. The first-order valence-corrected chi connectivity index (χ1v) is 8.19. The lowest BCUT2D eigenvalue weighted by molar-refractivity contribution is 0.240. The maximum atomic E-state index is 11.7. The summed E-state index contributed by atoms with van der Waals surface area (Å²) >= 11 is 0. The quantitative estimate of drug-likeness (QED) is 0.692. The Morgan fingerprint density at radius 3 is 2.76 bits per heavy atom. The second kappa shape index (κ2) is 8.14. The highest BCUT2D eigenvalue weighted by atomic mass is 16.3. The Balaban J connectivity index is 1.38. The maximum absolute atomic E-state index is 11.7. The first-order valence-electron chi connectivity index (χ1n) is 8.19. The molecule has 0 bridgehead atoms. The van der Waals surface area contributed by atoms with Crippen LogP contribution < -0.4 is 10.6 Å². The van der Waals surface area contributed by atoms with E-state index in [1.807, 2.05) is 42.0 Å². The molecule has 0 radical (unpaired) electrons. The van der Waals surface area contributed by atoms with E-state index >= 15 is 0 Å². The molecule has 0 aliphatic carbocycles. The number of oxazole rings is 1. The van der Waals surface area contributed by atoms with Crippen molar-refractivity contribution in [2.75, 3.05) is 13.1 Å². The molecule has 2 heterocycles. The van der Waals surface area contributed by atoms with Crippen LogP contribution in [0.4, 0.5) is 4.79 Å². The van der Waals surface area contributed by atoms with Crippen LogP contribution in [0.25, 0.3) is 11.5 Å². The molecule has 2 aromatic heterocycles. The highest BCUT2D eigenvalue weighted by Gasteiger charge is 2.07. The number of nitrogens with one attached hydrogen (secondary N) is 2. The molecule has 0 saturated heterocycles. The molecule has 3 rings (SSSR count). The lowest BCUT2D eigenvalue weighted by Gasteiger charge is -2.07. The summed E-state index contributed by atoms with van der Waals surface area (Å²) in [5, 5.41) is 5.61. The Morgan fingerprint density at radius 2 is 2.00 bits per heavy atom. The summed E-state index contributed by atoms with van der Waals surface area (Å²) < 4.78 is 7.41. The van der Waals surface area contributed by atoms with Crippen LogP contribution in [0.15, 0.2) is 53.7 Å². The van der Waals surface area contributed by atoms with Gasteiger partial charge in [-0.2, -0.15) is 0 Å². The first kappa shape index (κ1) is 16.8. The van der Waals surface area contributed by atoms with Gasteiger partial charge in [0.05, 0.1) is 12.0 Å². The van der Waals surface area contributed by atoms with Crippen molar-refractivity contribution in [1.82, 2.24) is 25.2 Å². The van der Waals surface area contributed by atoms with Crippen LogP contribution in [0.5, 0.6) is 0 Å². The Bertz CT molecular complexity index is 793. The van der Waals surface area contributed by atoms with Gasteiger partial charge in [-0.1, -0.05) is 17.7 Å². The number of hydrogen-bond acceptors (Lipinski definition) is 4. The minimum Gasteiger partial charge on any atom is -0.444 e. The zero-order valence-corrected chi connectivity index (χ0v) is 14.1. The molecule has 0 spiro atoms. The predicted octanol–water partition coefficient (Wildman–Crippen LogP) is 2.39. The third-order valence-corrected chi connectivity index (χ3v) is 3.73. The van der Waals surface area contributed by atoms with Gasteiger partial charge in [0.15, 0.2) is 0 Å². The van der Waals surface area contributed by atoms with Gasteiger partial charge in [0.1, 0.15) is 6.26 Å². The van der Waals surface area contributed by atoms with Crippen molar-refractivity contribution in [3.8, 4) is 11.5 Å². The van der Waals surface area contributed by atoms with Crippen LogP contribution >= 0.6 is 0 Å². The molecule has 0 saturated carbocycles. The van der Waals surface area contributed by atoms with Gasteiger partial charge in [0, 0.05) is 44.0 Å². The summed E-state index contributed by atoms with van der Waals surface area (Å²) in [6, 6.07) is 7.82. The average molecular weight is 339 g/mol. The smallest absolute Gasteiger partial charge is 0.314 e. The van der Waals surface area contributed by atoms with Crippen LogP contribution in [0.3, 0.4) is 0 Å². The van der Waals surface area contributed by atoms with E-state index in [1.165, 1.54) is 5.56 Å². The van der Waals surface area contributed by atoms with Gasteiger partial charge in [-0.15, -0.1) is 0 Å². The number of imidazole rings is 1. The van der Waals surface area contributed by atoms with E-state index in [0.717, 1.165) is 11.3 Å². The third kappa shape index (κ3) is 4.94. The summed E-state index contributed by atoms with van der Waals surface area (Å²) in [4.78, 5) is 20.1. The number of rotatable bonds is 7. The fraction of sp³-hybridized carbons (Fsp3) is 0.278. The van der Waals surface area contributed by atoms with Crippen molar-refractivity contribution in [2.45, 2.75) is 19.9 Å². The fourth-order valence-electron chi connectivity index (χ4n) is 2.33. The summed E-state index contributed by atoms with van der Waals surface area (Å²) in [6.45, 7) is 3.77. The van der Waals surface area contributed by atoms with Crippen LogP contribution in [0, 0.1) is 6.92 Å². The number of carbonyl (C=O) groups is 1. The van der Waals surface area contributed by atoms with Gasteiger partial charge in [-0.25, -0.2) is 14.8 Å². The van der Waals surface area contributed by atoms with E-state index in [9.17, 15) is 4.79 Å². The summed E-state index contributed by atoms with van der Waals surface area (Å²) in [5.74, 6) is 0.597. The number of benzene rings is 1. The van der Waals surface area contributed by atoms with Crippen molar-refractivity contribution in [3.05, 3.63) is 60.5 Å². The number of hydrogen-bond donors (Lipinski definition) is 2. The van der Waals surface area contributed by atoms with Gasteiger partial charge < -0.3 is 19.6 Å². The SMILES string of the molecule is Cc1ccc(-c2nc(CCNC(=O)NCCn3ccnc3)co2)cc1. The van der Waals surface area contributed by atoms with E-state index in [4.69, 9.17) is 4.42 Å². The maximum Gasteiger partial charge on any atom is 0.314 e. The molecule has 130 valence electrons. The number of nitrogens with zero attached hydrogens (tertiary/aromatic N) is 3. The van der Waals surface area contributed by atoms with Crippen molar-refractivity contribution in [1.29, 1.82) is 0 Å². The third-order valence-electron chi connectivity index (χ3n) is 3.73. The topological polar surface area (TPSA) is 85.0 Å². The molecule has 0 aliphatic heterocycles. The number of aromatic nitrogens is 3. The molecular weight excluding hydrogens is 318 g/mol. The van der Waals surface area contributed by atoms with E-state index in [0.29, 0.717) is 31.9 Å². The Hall–Kier alpha value is -3.09. The monoisotopic (exact) mass is 339 g/mol. The van der Waals surface area contributed by atoms with Crippen LogP contribution in [0.2, 0.25) is 0 Å². The molecule has 7 nitrogen and oxygen atoms in total. The minimum absolute atomic E-state index is 0.192. The number of urea groups is 1. The molecule has 0 unspecified atom stereocenters. The second-order valence-electron chi connectivity index (χ2n) is 5.74. The number of carbonyl (C=O) groups excluding carboxylic acids is 1. The molecule has 3 aromatic rings. The van der Waals surface area contributed by atoms with E-state index < -0.39 is 0 Å². The van der Waals surface area contributed by atoms with Gasteiger partial charge >= 0.3 is 6.03 Å². The zero-order valence-electron chi connectivity index (χ0n) is 14.1. The Labute approximate surface area is 146 Å². The predicted molar refractivity (Wildman–Crippen MR) is 94.0 cm³/mol. The Kier molecular flexibility index (Phi) is 5.46. The molecule has 25 heavy (non-hydrogen) atoms. The molecule has 0 fully saturated rings. The largest absolute Gasteiger partial charge is 0.444 e. The van der Waals surface area contributed by atoms with Crippen molar-refractivity contribution in [2.24, 2.45) is 0 Å². The first-order chi connectivity index (χ1) is 12.2. The van der Waals surface area contributed by atoms with Gasteiger partial charge in [0.2, 0.25) is 5.89 Å². The lowest BCUT2D eigenvalue weighted by Crippen LogP contribution is -2.38. The van der Waals surface area contributed by atoms with E-state index in [2.05, 4.69) is 20.6 Å². The number of aryl methyl sites for hydroxylation is 1. The van der Waals surface area contributed by atoms with Crippen molar-refractivity contribution < 1.29 is 9.21 Å². The van der Waals surface area contributed by atoms with E-state index in [-0.39, 0.29) is 6.03 Å². The van der Waals surface area contributed by atoms with Crippen LogP contribution in [-0.2, 0) is 13.0 Å². The molecule has 2 N–H and O–H groups in total. The van der Waals surface area contributed by atoms with E-state index in [1.54, 1.807) is 18.8 Å². The van der Waals surface area contributed by atoms with Gasteiger partial charge in [-0.3, -0.25) is 0 Å². The highest BCUT2D eigenvalue weighted by Crippen LogP contribution is 2.19. The molecule has 0 atom stereocenters. The normalized spacial score (nSPS) is 10.6. The van der Waals surface area contributed by atoms with Gasteiger partial charge in [-0.05, 0) is 19.1 Å². The highest BCUT2D eigenvalue weighted by molar-refractivity contribution is 5.73. The minimum atomic E-state index is -0.192. The van der Waals surface area contributed by atoms with Gasteiger partial charge in [0.25, 0.3) is 0 Å². The summed E-state index contributed by atoms with van der Waals surface area (Å²) in [7, 11) is 0. The second-order valence-corrected chi connectivity index (χ2v) is 5.74. The zero-order chi connectivity index (χ0) is 17.5. The van der Waals surface area contributed by atoms with Crippen LogP contribution in [-0.4, -0.2) is 33.7 Å². The molecular formula is C18H21N5O2. The average Bonchev–Trinajstić information content (AvgIpc) is 3.28. The fourth-order valence-corrected chi connectivity index (χ4v) is 2.33. The number of amides is 2. The van der Waals surface area contributed by atoms with Crippen molar-refractivity contribution in [3.63, 3.8) is 0 Å². The summed E-state index contributed by atoms with van der Waals surface area (Å²) in [6.07, 6.45) is 7.53. The molecule has 2 amide bonds. The van der Waals surface area contributed by atoms with Crippen LogP contribution in [0.1, 0.15) is 11.3 Å². The lowest BCUT2D eigenvalue weighted by atomic mass is 10.1. The Morgan fingerprint density at radius 1 is 1.20 bits per heavy atom. The molecule has 1 aromatic carbocycles. The standard InChI is InChI=1S/C18H21N5O2/c1-14-2-4-15(5-3-14)17-22-16(12-25-17)6-7-20-18(24)21-9-11-23-10-8-19-13-23/h2-5,8,10,12-13H,6-7,9,11H2,1H3,(H2,20,21,24). The molecule has 7 heteroatoms.